The Balaban J connectivity index is 3.23. The van der Waals surface area contributed by atoms with Crippen molar-refractivity contribution in [1.82, 2.24) is 4.98 Å². The predicted molar refractivity (Wildman–Crippen MR) is 52.8 cm³/mol. The van der Waals surface area contributed by atoms with Gasteiger partial charge in [0.2, 0.25) is 0 Å². The van der Waals surface area contributed by atoms with Gasteiger partial charge in [0.15, 0.2) is 0 Å². The van der Waals surface area contributed by atoms with Gasteiger partial charge in [-0.1, -0.05) is 31.5 Å². The minimum absolute atomic E-state index is 0.522. The summed E-state index contributed by atoms with van der Waals surface area (Å²) >= 11 is 5.88. The molecule has 1 nitrogen and oxygen atoms in total. The van der Waals surface area contributed by atoms with Crippen LogP contribution in [0.15, 0.2) is 6.07 Å². The monoisotopic (exact) mass is 183 g/mol. The molecule has 0 amide bonds. The van der Waals surface area contributed by atoms with Crippen molar-refractivity contribution in [2.75, 3.05) is 0 Å². The van der Waals surface area contributed by atoms with Gasteiger partial charge in [0.1, 0.15) is 5.15 Å². The standard InChI is InChI=1S/C10H14ClN/c1-6(2)9-5-7(3)10(11)12-8(9)4/h5-6H,1-4H3. The van der Waals surface area contributed by atoms with Gasteiger partial charge in [-0.15, -0.1) is 0 Å². The molecule has 0 aliphatic heterocycles. The molecule has 1 heterocycles. The lowest BCUT2D eigenvalue weighted by molar-refractivity contribution is 0.840. The minimum atomic E-state index is 0.522. The van der Waals surface area contributed by atoms with E-state index in [4.69, 9.17) is 11.6 Å². The average Bonchev–Trinajstić information content (AvgIpc) is 1.96. The molecule has 0 atom stereocenters. The maximum atomic E-state index is 5.88. The van der Waals surface area contributed by atoms with Crippen LogP contribution in [0.1, 0.15) is 36.6 Å². The smallest absolute Gasteiger partial charge is 0.132 e. The van der Waals surface area contributed by atoms with Gasteiger partial charge in [-0.2, -0.15) is 0 Å². The Kier molecular flexibility index (Phi) is 2.73. The van der Waals surface area contributed by atoms with Gasteiger partial charge in [0.05, 0.1) is 0 Å². The third kappa shape index (κ3) is 1.78. The molecule has 66 valence electrons. The van der Waals surface area contributed by atoms with E-state index in [0.29, 0.717) is 11.1 Å². The van der Waals surface area contributed by atoms with Crippen LogP contribution >= 0.6 is 11.6 Å². The fourth-order valence-corrected chi connectivity index (χ4v) is 1.46. The second kappa shape index (κ2) is 3.44. The summed E-state index contributed by atoms with van der Waals surface area (Å²) in [5.41, 5.74) is 3.39. The number of nitrogens with zero attached hydrogens (tertiary/aromatic N) is 1. The highest BCUT2D eigenvalue weighted by Gasteiger charge is 2.06. The first-order chi connectivity index (χ1) is 5.52. The molecule has 1 rings (SSSR count). The summed E-state index contributed by atoms with van der Waals surface area (Å²) in [4.78, 5) is 4.26. The van der Waals surface area contributed by atoms with Crippen molar-refractivity contribution >= 4 is 11.6 Å². The van der Waals surface area contributed by atoms with Crippen molar-refractivity contribution in [2.45, 2.75) is 33.6 Å². The van der Waals surface area contributed by atoms with Gasteiger partial charge in [0, 0.05) is 5.69 Å². The Labute approximate surface area is 78.8 Å². The van der Waals surface area contributed by atoms with Crippen LogP contribution in [0.5, 0.6) is 0 Å². The van der Waals surface area contributed by atoms with Gasteiger partial charge in [-0.3, -0.25) is 0 Å². The van der Waals surface area contributed by atoms with Crippen molar-refractivity contribution in [2.24, 2.45) is 0 Å². The summed E-state index contributed by atoms with van der Waals surface area (Å²) in [5.74, 6) is 0.522. The van der Waals surface area contributed by atoms with Crippen LogP contribution < -0.4 is 0 Å². The van der Waals surface area contributed by atoms with E-state index in [1.807, 2.05) is 13.8 Å². The Bertz CT molecular complexity index is 292. The van der Waals surface area contributed by atoms with E-state index in [2.05, 4.69) is 24.9 Å². The van der Waals surface area contributed by atoms with Gasteiger partial charge >= 0.3 is 0 Å². The molecule has 0 unspecified atom stereocenters. The summed E-state index contributed by atoms with van der Waals surface area (Å²) in [5, 5.41) is 0.622. The predicted octanol–water partition coefficient (Wildman–Crippen LogP) is 3.48. The molecule has 0 N–H and O–H groups in total. The first-order valence-electron chi connectivity index (χ1n) is 4.16. The molecule has 0 aliphatic carbocycles. The van der Waals surface area contributed by atoms with E-state index >= 15 is 0 Å². The lowest BCUT2D eigenvalue weighted by atomic mass is 10.0. The Hall–Kier alpha value is -0.560. The van der Waals surface area contributed by atoms with Crippen molar-refractivity contribution in [3.63, 3.8) is 0 Å². The molecule has 0 bridgehead atoms. The zero-order chi connectivity index (χ0) is 9.30. The number of aromatic nitrogens is 1. The zero-order valence-electron chi connectivity index (χ0n) is 7.98. The van der Waals surface area contributed by atoms with Gasteiger partial charge in [0.25, 0.3) is 0 Å². The molecule has 0 saturated heterocycles. The molecule has 2 heteroatoms. The van der Waals surface area contributed by atoms with E-state index in [-0.39, 0.29) is 0 Å². The minimum Gasteiger partial charge on any atom is -0.241 e. The highest BCUT2D eigenvalue weighted by atomic mass is 35.5. The van der Waals surface area contributed by atoms with Crippen LogP contribution in [-0.2, 0) is 0 Å². The van der Waals surface area contributed by atoms with Gasteiger partial charge in [-0.25, -0.2) is 4.98 Å². The lowest BCUT2D eigenvalue weighted by Gasteiger charge is -2.10. The van der Waals surface area contributed by atoms with Gasteiger partial charge in [-0.05, 0) is 30.9 Å². The molecule has 0 aliphatic rings. The fourth-order valence-electron chi connectivity index (χ4n) is 1.28. The summed E-state index contributed by atoms with van der Waals surface area (Å²) < 4.78 is 0. The summed E-state index contributed by atoms with van der Waals surface area (Å²) in [7, 11) is 0. The van der Waals surface area contributed by atoms with Crippen LogP contribution in [-0.4, -0.2) is 4.98 Å². The normalized spacial score (nSPS) is 10.8. The Morgan fingerprint density at radius 3 is 2.42 bits per heavy atom. The number of hydrogen-bond donors (Lipinski definition) is 0. The van der Waals surface area contributed by atoms with Gasteiger partial charge < -0.3 is 0 Å². The molecule has 0 saturated carbocycles. The molecular weight excluding hydrogens is 170 g/mol. The SMILES string of the molecule is Cc1cc(C(C)C)c(C)nc1Cl. The van der Waals surface area contributed by atoms with Crippen LogP contribution in [0, 0.1) is 13.8 Å². The van der Waals surface area contributed by atoms with E-state index in [1.54, 1.807) is 0 Å². The number of aryl methyl sites for hydroxylation is 2. The Morgan fingerprint density at radius 1 is 1.33 bits per heavy atom. The largest absolute Gasteiger partial charge is 0.241 e. The van der Waals surface area contributed by atoms with E-state index < -0.39 is 0 Å². The second-order valence-corrected chi connectivity index (χ2v) is 3.78. The Morgan fingerprint density at radius 2 is 1.92 bits per heavy atom. The van der Waals surface area contributed by atoms with Crippen LogP contribution in [0.3, 0.4) is 0 Å². The number of rotatable bonds is 1. The molecular formula is C10H14ClN. The van der Waals surface area contributed by atoms with Crippen LogP contribution in [0.25, 0.3) is 0 Å². The maximum absolute atomic E-state index is 5.88. The first-order valence-corrected chi connectivity index (χ1v) is 4.53. The molecule has 1 aromatic rings. The molecule has 0 aromatic carbocycles. The molecule has 0 spiro atoms. The summed E-state index contributed by atoms with van der Waals surface area (Å²) in [6.45, 7) is 8.32. The molecule has 1 aromatic heterocycles. The highest BCUT2D eigenvalue weighted by molar-refractivity contribution is 6.30. The van der Waals surface area contributed by atoms with E-state index in [0.717, 1.165) is 11.3 Å². The zero-order valence-corrected chi connectivity index (χ0v) is 8.74. The third-order valence-corrected chi connectivity index (χ3v) is 2.39. The van der Waals surface area contributed by atoms with E-state index in [1.165, 1.54) is 5.56 Å². The molecule has 0 radical (unpaired) electrons. The van der Waals surface area contributed by atoms with Crippen LogP contribution in [0.4, 0.5) is 0 Å². The number of halogens is 1. The summed E-state index contributed by atoms with van der Waals surface area (Å²) in [6.07, 6.45) is 0. The number of pyridine rings is 1. The van der Waals surface area contributed by atoms with Crippen molar-refractivity contribution in [3.05, 3.63) is 28.0 Å². The molecule has 0 fully saturated rings. The van der Waals surface area contributed by atoms with Crippen molar-refractivity contribution in [1.29, 1.82) is 0 Å². The third-order valence-electron chi connectivity index (χ3n) is 2.00. The van der Waals surface area contributed by atoms with E-state index in [9.17, 15) is 0 Å². The van der Waals surface area contributed by atoms with Crippen molar-refractivity contribution < 1.29 is 0 Å². The first kappa shape index (κ1) is 9.53. The maximum Gasteiger partial charge on any atom is 0.132 e. The lowest BCUT2D eigenvalue weighted by Crippen LogP contribution is -1.97. The highest BCUT2D eigenvalue weighted by Crippen LogP contribution is 2.22. The van der Waals surface area contributed by atoms with Crippen molar-refractivity contribution in [3.8, 4) is 0 Å². The topological polar surface area (TPSA) is 12.9 Å². The fraction of sp³-hybridized carbons (Fsp3) is 0.500. The number of hydrogen-bond acceptors (Lipinski definition) is 1. The average molecular weight is 184 g/mol. The quantitative estimate of drug-likeness (QED) is 0.608. The summed E-state index contributed by atoms with van der Waals surface area (Å²) in [6, 6.07) is 2.12. The second-order valence-electron chi connectivity index (χ2n) is 3.43. The molecule has 12 heavy (non-hydrogen) atoms. The van der Waals surface area contributed by atoms with Crippen LogP contribution in [0.2, 0.25) is 5.15 Å².